The van der Waals surface area contributed by atoms with Crippen LogP contribution in [0.15, 0.2) is 48.5 Å². The maximum Gasteiger partial charge on any atom is 0.263 e. The average Bonchev–Trinajstić information content (AvgIpc) is 3.28. The second kappa shape index (κ2) is 9.86. The Kier molecular flexibility index (Phi) is 6.70. The lowest BCUT2D eigenvalue weighted by atomic mass is 9.86. The van der Waals surface area contributed by atoms with Gasteiger partial charge in [-0.2, -0.15) is 0 Å². The summed E-state index contributed by atoms with van der Waals surface area (Å²) in [6, 6.07) is 16.8. The lowest BCUT2D eigenvalue weighted by molar-refractivity contribution is 0.0646. The van der Waals surface area contributed by atoms with Crippen LogP contribution in [0.1, 0.15) is 53.4 Å². The second-order valence-electron chi connectivity index (χ2n) is 9.69. The third-order valence-corrected chi connectivity index (χ3v) is 8.59. The number of phenolic OH excluding ortho intramolecular Hbond substituents is 1. The molecular formula is C28H34N2O2S. The Labute approximate surface area is 200 Å². The lowest BCUT2D eigenvalue weighted by Crippen LogP contribution is -2.45. The van der Waals surface area contributed by atoms with E-state index >= 15 is 0 Å². The van der Waals surface area contributed by atoms with Gasteiger partial charge in [-0.15, -0.1) is 11.3 Å². The first-order chi connectivity index (χ1) is 16.1. The molecule has 174 valence electrons. The molecule has 4 nitrogen and oxygen atoms in total. The fourth-order valence-electron chi connectivity index (χ4n) is 5.68. The van der Waals surface area contributed by atoms with Crippen LogP contribution in [0, 0.1) is 5.92 Å². The standard InChI is InChI=1S/C28H34N2O2S/c1-2-14-30(23-10-11-24-21(17-23)7-5-8-25(24)31)19-20-12-15-29(16-13-20)28(32)27-18-22-6-3-4-9-26(22)33-27/h3-9,18,20,23,31H,2,10-17,19H2,1H3. The lowest BCUT2D eigenvalue weighted by Gasteiger charge is -2.39. The summed E-state index contributed by atoms with van der Waals surface area (Å²) < 4.78 is 1.19. The molecule has 1 N–H and O–H groups in total. The number of nitrogens with zero attached hydrogens (tertiary/aromatic N) is 2. The van der Waals surface area contributed by atoms with E-state index in [2.05, 4.69) is 41.0 Å². The van der Waals surface area contributed by atoms with E-state index in [0.717, 1.165) is 75.1 Å². The van der Waals surface area contributed by atoms with Crippen molar-refractivity contribution in [3.8, 4) is 5.75 Å². The van der Waals surface area contributed by atoms with Gasteiger partial charge in [0.2, 0.25) is 0 Å². The van der Waals surface area contributed by atoms with E-state index in [4.69, 9.17) is 0 Å². The largest absolute Gasteiger partial charge is 0.508 e. The average molecular weight is 463 g/mol. The third-order valence-electron chi connectivity index (χ3n) is 7.49. The number of likely N-dealkylation sites (tertiary alicyclic amines) is 1. The summed E-state index contributed by atoms with van der Waals surface area (Å²) in [5.41, 5.74) is 2.47. The Hall–Kier alpha value is -2.37. The highest BCUT2D eigenvalue weighted by Gasteiger charge is 2.30. The molecular weight excluding hydrogens is 428 g/mol. The van der Waals surface area contributed by atoms with Crippen molar-refractivity contribution in [3.63, 3.8) is 0 Å². The van der Waals surface area contributed by atoms with Crippen LogP contribution in [-0.2, 0) is 12.8 Å². The van der Waals surface area contributed by atoms with Crippen LogP contribution in [0.2, 0.25) is 0 Å². The summed E-state index contributed by atoms with van der Waals surface area (Å²) in [7, 11) is 0. The monoisotopic (exact) mass is 462 g/mol. The Balaban J connectivity index is 1.19. The summed E-state index contributed by atoms with van der Waals surface area (Å²) in [4.78, 5) is 18.7. The predicted molar refractivity (Wildman–Crippen MR) is 136 cm³/mol. The zero-order valence-corrected chi connectivity index (χ0v) is 20.3. The van der Waals surface area contributed by atoms with E-state index in [9.17, 15) is 9.90 Å². The van der Waals surface area contributed by atoms with E-state index in [1.165, 1.54) is 15.6 Å². The van der Waals surface area contributed by atoms with Crippen LogP contribution in [-0.4, -0.2) is 53.0 Å². The predicted octanol–water partition coefficient (Wildman–Crippen LogP) is 5.73. The number of thiophene rings is 1. The smallest absolute Gasteiger partial charge is 0.263 e. The SMILES string of the molecule is CCCN(CC1CCN(C(=O)c2cc3ccccc3s2)CC1)C1CCc2c(O)cccc2C1. The van der Waals surface area contributed by atoms with Gasteiger partial charge in [0, 0.05) is 30.4 Å². The molecule has 1 amide bonds. The third kappa shape index (κ3) is 4.80. The van der Waals surface area contributed by atoms with Gasteiger partial charge in [-0.3, -0.25) is 9.69 Å². The fraction of sp³-hybridized carbons (Fsp3) is 0.464. The maximum absolute atomic E-state index is 13.1. The topological polar surface area (TPSA) is 43.8 Å². The number of benzene rings is 2. The molecule has 1 aliphatic heterocycles. The molecule has 3 aromatic rings. The van der Waals surface area contributed by atoms with E-state index in [-0.39, 0.29) is 5.91 Å². The summed E-state index contributed by atoms with van der Waals surface area (Å²) in [6.07, 6.45) is 6.45. The number of rotatable bonds is 6. The maximum atomic E-state index is 13.1. The van der Waals surface area contributed by atoms with Crippen LogP contribution in [0.5, 0.6) is 5.75 Å². The Bertz CT molecular complexity index is 1080. The minimum atomic E-state index is 0.198. The summed E-state index contributed by atoms with van der Waals surface area (Å²) in [5, 5.41) is 11.4. The van der Waals surface area contributed by atoms with E-state index in [1.807, 2.05) is 24.3 Å². The molecule has 1 unspecified atom stereocenters. The first-order valence-electron chi connectivity index (χ1n) is 12.4. The highest BCUT2D eigenvalue weighted by Crippen LogP contribution is 2.32. The Morgan fingerprint density at radius 1 is 1.12 bits per heavy atom. The van der Waals surface area contributed by atoms with Crippen molar-refractivity contribution in [2.75, 3.05) is 26.2 Å². The van der Waals surface area contributed by atoms with Gasteiger partial charge in [-0.05, 0) is 85.7 Å². The van der Waals surface area contributed by atoms with Crippen LogP contribution < -0.4 is 0 Å². The van der Waals surface area contributed by atoms with Crippen molar-refractivity contribution < 1.29 is 9.90 Å². The number of phenols is 1. The number of hydrogen-bond acceptors (Lipinski definition) is 4. The molecule has 1 atom stereocenters. The summed E-state index contributed by atoms with van der Waals surface area (Å²) in [5.74, 6) is 1.31. The molecule has 0 saturated carbocycles. The van der Waals surface area contributed by atoms with Gasteiger partial charge < -0.3 is 10.0 Å². The van der Waals surface area contributed by atoms with Gasteiger partial charge >= 0.3 is 0 Å². The molecule has 33 heavy (non-hydrogen) atoms. The molecule has 1 fully saturated rings. The van der Waals surface area contributed by atoms with Crippen molar-refractivity contribution in [3.05, 3.63) is 64.5 Å². The van der Waals surface area contributed by atoms with Gasteiger partial charge in [0.1, 0.15) is 5.75 Å². The number of aromatic hydroxyl groups is 1. The van der Waals surface area contributed by atoms with Gasteiger partial charge in [-0.1, -0.05) is 37.3 Å². The fourth-order valence-corrected chi connectivity index (χ4v) is 6.71. The molecule has 0 spiro atoms. The quantitative estimate of drug-likeness (QED) is 0.509. The highest BCUT2D eigenvalue weighted by atomic mass is 32.1. The van der Waals surface area contributed by atoms with Crippen molar-refractivity contribution in [1.82, 2.24) is 9.80 Å². The summed E-state index contributed by atoms with van der Waals surface area (Å²) >= 11 is 1.61. The number of carbonyl (C=O) groups is 1. The molecule has 1 saturated heterocycles. The molecule has 5 heteroatoms. The van der Waals surface area contributed by atoms with Crippen LogP contribution >= 0.6 is 11.3 Å². The van der Waals surface area contributed by atoms with Crippen molar-refractivity contribution in [2.24, 2.45) is 5.92 Å². The normalized spacial score (nSPS) is 19.2. The zero-order valence-electron chi connectivity index (χ0n) is 19.5. The number of hydrogen-bond donors (Lipinski definition) is 1. The minimum absolute atomic E-state index is 0.198. The second-order valence-corrected chi connectivity index (χ2v) is 10.8. The first kappa shape index (κ1) is 22.4. The van der Waals surface area contributed by atoms with E-state index in [0.29, 0.717) is 17.7 Å². The zero-order chi connectivity index (χ0) is 22.8. The van der Waals surface area contributed by atoms with Crippen LogP contribution in [0.25, 0.3) is 10.1 Å². The Morgan fingerprint density at radius 3 is 2.73 bits per heavy atom. The Morgan fingerprint density at radius 2 is 1.94 bits per heavy atom. The molecule has 5 rings (SSSR count). The molecule has 1 aliphatic carbocycles. The number of fused-ring (bicyclic) bond motifs is 2. The molecule has 0 radical (unpaired) electrons. The van der Waals surface area contributed by atoms with E-state index < -0.39 is 0 Å². The molecule has 2 heterocycles. The molecule has 2 aliphatic rings. The van der Waals surface area contributed by atoms with Gasteiger partial charge in [0.05, 0.1) is 4.88 Å². The number of amides is 1. The van der Waals surface area contributed by atoms with Crippen molar-refractivity contribution in [1.29, 1.82) is 0 Å². The van der Waals surface area contributed by atoms with Gasteiger partial charge in [0.25, 0.3) is 5.91 Å². The number of carbonyl (C=O) groups excluding carboxylic acids is 1. The minimum Gasteiger partial charge on any atom is -0.508 e. The van der Waals surface area contributed by atoms with Crippen LogP contribution in [0.4, 0.5) is 0 Å². The van der Waals surface area contributed by atoms with Gasteiger partial charge in [0.15, 0.2) is 0 Å². The van der Waals surface area contributed by atoms with E-state index in [1.54, 1.807) is 11.3 Å². The highest BCUT2D eigenvalue weighted by molar-refractivity contribution is 7.20. The number of piperidine rings is 1. The van der Waals surface area contributed by atoms with Crippen LogP contribution in [0.3, 0.4) is 0 Å². The first-order valence-corrected chi connectivity index (χ1v) is 13.3. The molecule has 0 bridgehead atoms. The van der Waals surface area contributed by atoms with Crippen molar-refractivity contribution in [2.45, 2.75) is 51.5 Å². The molecule has 1 aromatic heterocycles. The van der Waals surface area contributed by atoms with Crippen molar-refractivity contribution >= 4 is 27.3 Å². The summed E-state index contributed by atoms with van der Waals surface area (Å²) in [6.45, 7) is 6.23. The van der Waals surface area contributed by atoms with Gasteiger partial charge in [-0.25, -0.2) is 0 Å². The molecule has 2 aromatic carbocycles.